The number of likely N-dealkylation sites (tertiary alicyclic amines) is 1. The summed E-state index contributed by atoms with van der Waals surface area (Å²) in [7, 11) is 3.38. The average Bonchev–Trinajstić information content (AvgIpc) is 3.20. The number of fused-ring (bicyclic) bond motifs is 4. The molecule has 0 aromatic carbocycles. The number of hydrogen-bond donors (Lipinski definition) is 2. The summed E-state index contributed by atoms with van der Waals surface area (Å²) < 4.78 is 1.63. The standard InChI is InChI=1S/C20H26N6O3.2ClH/c1-24(2)20(29)18-13-6-12(16-4-3-5-17(27)26(16)18)9-25(10-13)19(28)15(21)7-14-8-22-11-23-14;;/h3-5,8,11-13,15,18H,6-7,9-10,21H2,1-2H3,(H,22,23);2*1H/t12-,13+,15+,18-;;/m1../s1. The Hall–Kier alpha value is -2.36. The summed E-state index contributed by atoms with van der Waals surface area (Å²) in [6.45, 7) is 0.912. The van der Waals surface area contributed by atoms with Crippen LogP contribution in [0.3, 0.4) is 0 Å². The smallest absolute Gasteiger partial charge is 0.251 e. The van der Waals surface area contributed by atoms with Gasteiger partial charge in [0.15, 0.2) is 0 Å². The highest BCUT2D eigenvalue weighted by Crippen LogP contribution is 2.41. The molecule has 2 aliphatic heterocycles. The monoisotopic (exact) mass is 470 g/mol. The molecule has 2 aromatic rings. The number of carbonyl (C=O) groups is 2. The number of nitrogens with two attached hydrogens (primary N) is 1. The first-order valence-electron chi connectivity index (χ1n) is 9.81. The second-order valence-electron chi connectivity index (χ2n) is 8.16. The van der Waals surface area contributed by atoms with Gasteiger partial charge in [-0.1, -0.05) is 6.07 Å². The van der Waals surface area contributed by atoms with E-state index >= 15 is 0 Å². The predicted octanol–water partition coefficient (Wildman–Crippen LogP) is 0.560. The van der Waals surface area contributed by atoms with Crippen LogP contribution in [0.4, 0.5) is 0 Å². The van der Waals surface area contributed by atoms with Gasteiger partial charge in [0, 0.05) is 69.1 Å². The molecule has 4 atom stereocenters. The molecule has 0 spiro atoms. The molecule has 0 saturated carbocycles. The molecule has 9 nitrogen and oxygen atoms in total. The SMILES string of the molecule is CN(C)C(=O)[C@H]1[C@H]2C[C@H](CN(C(=O)[C@@H](N)Cc3cnc[nH]3)C2)c2cccc(=O)n21.Cl.Cl. The summed E-state index contributed by atoms with van der Waals surface area (Å²) in [4.78, 5) is 48.8. The Kier molecular flexibility index (Phi) is 7.91. The fourth-order valence-corrected chi connectivity index (χ4v) is 4.65. The lowest BCUT2D eigenvalue weighted by Crippen LogP contribution is -2.56. The first kappa shape index (κ1) is 24.9. The third kappa shape index (κ3) is 4.63. The van der Waals surface area contributed by atoms with Gasteiger partial charge < -0.3 is 20.5 Å². The van der Waals surface area contributed by atoms with Crippen LogP contribution in [0, 0.1) is 5.92 Å². The van der Waals surface area contributed by atoms with Gasteiger partial charge in [-0.2, -0.15) is 0 Å². The number of H-pyrrole nitrogens is 1. The first-order chi connectivity index (χ1) is 13.9. The number of halogens is 2. The Labute approximate surface area is 192 Å². The van der Waals surface area contributed by atoms with Gasteiger partial charge >= 0.3 is 0 Å². The molecule has 3 N–H and O–H groups in total. The molecule has 2 amide bonds. The van der Waals surface area contributed by atoms with E-state index in [1.54, 1.807) is 42.2 Å². The van der Waals surface area contributed by atoms with Gasteiger partial charge in [0.2, 0.25) is 11.8 Å². The molecular formula is C20H28Cl2N6O3. The van der Waals surface area contributed by atoms with Crippen molar-refractivity contribution in [2.24, 2.45) is 11.7 Å². The maximum absolute atomic E-state index is 13.0. The molecule has 1 fully saturated rings. The molecule has 1 saturated heterocycles. The van der Waals surface area contributed by atoms with E-state index in [9.17, 15) is 14.4 Å². The topological polar surface area (TPSA) is 117 Å². The normalized spacial score (nSPS) is 22.4. The lowest BCUT2D eigenvalue weighted by molar-refractivity contribution is -0.141. The Morgan fingerprint density at radius 3 is 2.68 bits per heavy atom. The molecule has 4 heterocycles. The van der Waals surface area contributed by atoms with Crippen molar-refractivity contribution >= 4 is 36.6 Å². The minimum absolute atomic E-state index is 0. The molecule has 4 rings (SSSR count). The molecule has 2 aliphatic rings. The first-order valence-corrected chi connectivity index (χ1v) is 9.81. The minimum Gasteiger partial charge on any atom is -0.348 e. The van der Waals surface area contributed by atoms with Crippen LogP contribution in [0.5, 0.6) is 0 Å². The van der Waals surface area contributed by atoms with Crippen LogP contribution in [0.25, 0.3) is 0 Å². The number of piperidine rings is 1. The maximum Gasteiger partial charge on any atom is 0.251 e. The molecular weight excluding hydrogens is 443 g/mol. The van der Waals surface area contributed by atoms with Crippen molar-refractivity contribution in [1.29, 1.82) is 0 Å². The van der Waals surface area contributed by atoms with Crippen molar-refractivity contribution in [2.45, 2.75) is 30.8 Å². The van der Waals surface area contributed by atoms with Crippen LogP contribution in [0.2, 0.25) is 0 Å². The highest BCUT2D eigenvalue weighted by atomic mass is 35.5. The Bertz CT molecular complexity index is 978. The molecule has 2 aromatic heterocycles. The Balaban J connectivity index is 0.00000171. The molecule has 11 heteroatoms. The van der Waals surface area contributed by atoms with Crippen molar-refractivity contribution in [3.05, 3.63) is 52.5 Å². The number of nitrogens with one attached hydrogen (secondary N) is 1. The van der Waals surface area contributed by atoms with Crippen molar-refractivity contribution in [3.63, 3.8) is 0 Å². The van der Waals surface area contributed by atoms with Gasteiger partial charge in [0.1, 0.15) is 6.04 Å². The van der Waals surface area contributed by atoms with Gasteiger partial charge in [-0.05, 0) is 12.5 Å². The molecule has 31 heavy (non-hydrogen) atoms. The maximum atomic E-state index is 13.0. The molecule has 0 unspecified atom stereocenters. The minimum atomic E-state index is -0.685. The van der Waals surface area contributed by atoms with E-state index in [4.69, 9.17) is 5.73 Å². The third-order valence-electron chi connectivity index (χ3n) is 5.96. The number of aromatic nitrogens is 3. The summed E-state index contributed by atoms with van der Waals surface area (Å²) in [5, 5.41) is 0. The van der Waals surface area contributed by atoms with E-state index in [0.717, 1.165) is 17.8 Å². The lowest BCUT2D eigenvalue weighted by atomic mass is 9.77. The Morgan fingerprint density at radius 2 is 2.03 bits per heavy atom. The van der Waals surface area contributed by atoms with E-state index in [2.05, 4.69) is 9.97 Å². The van der Waals surface area contributed by atoms with Crippen molar-refractivity contribution in [1.82, 2.24) is 24.3 Å². The second-order valence-corrected chi connectivity index (χ2v) is 8.16. The quantitative estimate of drug-likeness (QED) is 0.676. The largest absolute Gasteiger partial charge is 0.348 e. The van der Waals surface area contributed by atoms with Crippen LogP contribution in [-0.4, -0.2) is 69.4 Å². The van der Waals surface area contributed by atoms with Crippen LogP contribution in [-0.2, 0) is 16.0 Å². The van der Waals surface area contributed by atoms with Gasteiger partial charge in [0.25, 0.3) is 5.56 Å². The zero-order valence-corrected chi connectivity index (χ0v) is 19.1. The van der Waals surface area contributed by atoms with E-state index in [0.29, 0.717) is 19.5 Å². The molecule has 0 radical (unpaired) electrons. The van der Waals surface area contributed by atoms with E-state index in [1.807, 2.05) is 6.07 Å². The number of carbonyl (C=O) groups excluding carboxylic acids is 2. The van der Waals surface area contributed by atoms with Crippen molar-refractivity contribution in [2.75, 3.05) is 27.2 Å². The molecule has 2 bridgehead atoms. The van der Waals surface area contributed by atoms with Crippen molar-refractivity contribution < 1.29 is 9.59 Å². The third-order valence-corrected chi connectivity index (χ3v) is 5.96. The van der Waals surface area contributed by atoms with Crippen LogP contribution in [0.15, 0.2) is 35.5 Å². The summed E-state index contributed by atoms with van der Waals surface area (Å²) in [5.74, 6) is -0.382. The fraction of sp³-hybridized carbons (Fsp3) is 0.500. The van der Waals surface area contributed by atoms with E-state index in [1.165, 1.54) is 11.0 Å². The van der Waals surface area contributed by atoms with Crippen LogP contribution >= 0.6 is 24.8 Å². The number of nitrogens with zero attached hydrogens (tertiary/aromatic N) is 4. The number of hydrogen-bond acceptors (Lipinski definition) is 5. The van der Waals surface area contributed by atoms with Gasteiger partial charge in [-0.15, -0.1) is 24.8 Å². The van der Waals surface area contributed by atoms with Gasteiger partial charge in [0.05, 0.1) is 12.4 Å². The van der Waals surface area contributed by atoms with Gasteiger partial charge in [-0.3, -0.25) is 19.0 Å². The Morgan fingerprint density at radius 1 is 1.29 bits per heavy atom. The molecule has 170 valence electrons. The zero-order chi connectivity index (χ0) is 20.7. The van der Waals surface area contributed by atoms with Gasteiger partial charge in [-0.25, -0.2) is 4.98 Å². The summed E-state index contributed by atoms with van der Waals surface area (Å²) in [5.41, 5.74) is 7.63. The fourth-order valence-electron chi connectivity index (χ4n) is 4.65. The van der Waals surface area contributed by atoms with E-state index in [-0.39, 0.29) is 54.0 Å². The van der Waals surface area contributed by atoms with Crippen LogP contribution < -0.4 is 11.3 Å². The predicted molar refractivity (Wildman–Crippen MR) is 121 cm³/mol. The zero-order valence-electron chi connectivity index (χ0n) is 17.4. The number of amides is 2. The number of aromatic amines is 1. The van der Waals surface area contributed by atoms with Crippen molar-refractivity contribution in [3.8, 4) is 0 Å². The van der Waals surface area contributed by atoms with E-state index < -0.39 is 12.1 Å². The lowest BCUT2D eigenvalue weighted by Gasteiger charge is -2.47. The number of pyridine rings is 1. The summed E-state index contributed by atoms with van der Waals surface area (Å²) >= 11 is 0. The average molecular weight is 471 g/mol. The molecule has 0 aliphatic carbocycles. The summed E-state index contributed by atoms with van der Waals surface area (Å²) in [6, 6.07) is 3.80. The number of rotatable bonds is 4. The summed E-state index contributed by atoms with van der Waals surface area (Å²) in [6.07, 6.45) is 4.37. The second kappa shape index (κ2) is 9.84. The number of imidazole rings is 1. The van der Waals surface area contributed by atoms with Crippen LogP contribution in [0.1, 0.15) is 29.8 Å². The highest BCUT2D eigenvalue weighted by Gasteiger charge is 2.45. The highest BCUT2D eigenvalue weighted by molar-refractivity contribution is 5.85. The number of likely N-dealkylation sites (N-methyl/N-ethyl adjacent to an activating group) is 1.